The highest BCUT2D eigenvalue weighted by molar-refractivity contribution is 5.92. The van der Waals surface area contributed by atoms with Gasteiger partial charge in [-0.3, -0.25) is 4.79 Å². The van der Waals surface area contributed by atoms with Crippen LogP contribution in [0.3, 0.4) is 0 Å². The van der Waals surface area contributed by atoms with Gasteiger partial charge in [0.25, 0.3) is 0 Å². The summed E-state index contributed by atoms with van der Waals surface area (Å²) in [4.78, 5) is 13.5. The third-order valence-corrected chi connectivity index (χ3v) is 7.62. The van der Waals surface area contributed by atoms with Crippen LogP contribution in [0.4, 0.5) is 0 Å². The molecule has 0 unspecified atom stereocenters. The van der Waals surface area contributed by atoms with Gasteiger partial charge < -0.3 is 69.7 Å². The lowest BCUT2D eigenvalue weighted by Gasteiger charge is -2.41. The van der Waals surface area contributed by atoms with E-state index in [1.807, 2.05) is 0 Å². The first-order valence-corrected chi connectivity index (χ1v) is 12.8. The number of aliphatic hydroxyl groups excluding tert-OH is 7. The number of aliphatic hydroxyl groups is 7. The van der Waals surface area contributed by atoms with Crippen molar-refractivity contribution in [3.05, 3.63) is 45.6 Å². The third kappa shape index (κ3) is 4.74. The second-order valence-corrected chi connectivity index (χ2v) is 10.1. The zero-order chi connectivity index (χ0) is 30.6. The molecular formula is C27H30O15. The van der Waals surface area contributed by atoms with E-state index in [2.05, 4.69) is 0 Å². The van der Waals surface area contributed by atoms with E-state index < -0.39 is 107 Å². The Morgan fingerprint density at radius 3 is 2.21 bits per heavy atom. The molecule has 228 valence electrons. The van der Waals surface area contributed by atoms with E-state index in [0.29, 0.717) is 0 Å². The number of aromatic hydroxyl groups is 3. The lowest BCUT2D eigenvalue weighted by molar-refractivity contribution is -0.232. The molecule has 9 atom stereocenters. The molecule has 3 aromatic rings. The van der Waals surface area contributed by atoms with Crippen LogP contribution in [0, 0.1) is 0 Å². The number of rotatable bonds is 5. The Balaban J connectivity index is 1.80. The summed E-state index contributed by atoms with van der Waals surface area (Å²) in [5.41, 5.74) is -2.35. The first-order valence-electron chi connectivity index (χ1n) is 12.8. The predicted octanol–water partition coefficient (Wildman–Crippen LogP) is -1.75. The summed E-state index contributed by atoms with van der Waals surface area (Å²) < 4.78 is 22.1. The van der Waals surface area contributed by atoms with Crippen LogP contribution in [0.5, 0.6) is 23.0 Å². The minimum atomic E-state index is -2.00. The van der Waals surface area contributed by atoms with Crippen molar-refractivity contribution in [2.24, 2.45) is 0 Å². The van der Waals surface area contributed by atoms with E-state index in [4.69, 9.17) is 18.6 Å². The molecule has 2 aliphatic heterocycles. The molecule has 3 heterocycles. The molecule has 15 heteroatoms. The summed E-state index contributed by atoms with van der Waals surface area (Å²) >= 11 is 0. The van der Waals surface area contributed by atoms with Gasteiger partial charge in [-0.15, -0.1) is 0 Å². The zero-order valence-corrected chi connectivity index (χ0v) is 21.9. The lowest BCUT2D eigenvalue weighted by Crippen LogP contribution is -2.55. The predicted molar refractivity (Wildman–Crippen MR) is 139 cm³/mol. The minimum Gasteiger partial charge on any atom is -0.507 e. The van der Waals surface area contributed by atoms with Crippen LogP contribution >= 0.6 is 0 Å². The van der Waals surface area contributed by atoms with Crippen molar-refractivity contribution in [1.82, 2.24) is 0 Å². The molecule has 0 spiro atoms. The summed E-state index contributed by atoms with van der Waals surface area (Å²) in [5, 5.41) is 104. The van der Waals surface area contributed by atoms with Crippen LogP contribution in [0.2, 0.25) is 0 Å². The molecule has 2 saturated heterocycles. The molecule has 42 heavy (non-hydrogen) atoms. The molecule has 0 saturated carbocycles. The topological polar surface area (TPSA) is 260 Å². The molecule has 15 nitrogen and oxygen atoms in total. The molecule has 2 aliphatic rings. The van der Waals surface area contributed by atoms with Gasteiger partial charge in [0.05, 0.1) is 31.5 Å². The van der Waals surface area contributed by atoms with Gasteiger partial charge in [0, 0.05) is 11.6 Å². The van der Waals surface area contributed by atoms with Gasteiger partial charge in [-0.05, 0) is 18.2 Å². The van der Waals surface area contributed by atoms with Crippen molar-refractivity contribution in [1.29, 1.82) is 0 Å². The molecule has 0 aliphatic carbocycles. The summed E-state index contributed by atoms with van der Waals surface area (Å²) in [7, 11) is 1.30. The highest BCUT2D eigenvalue weighted by Crippen LogP contribution is 2.50. The Bertz CT molecular complexity index is 1530. The molecule has 0 amide bonds. The first-order chi connectivity index (χ1) is 19.9. The van der Waals surface area contributed by atoms with Crippen LogP contribution in [0.25, 0.3) is 22.3 Å². The molecule has 2 fully saturated rings. The van der Waals surface area contributed by atoms with Crippen LogP contribution in [0.15, 0.2) is 33.5 Å². The third-order valence-electron chi connectivity index (χ3n) is 7.62. The highest BCUT2D eigenvalue weighted by atomic mass is 16.5. The number of hydrogen-bond acceptors (Lipinski definition) is 15. The molecule has 0 bridgehead atoms. The molecular weight excluding hydrogens is 564 g/mol. The molecule has 5 rings (SSSR count). The van der Waals surface area contributed by atoms with Crippen molar-refractivity contribution in [2.45, 2.75) is 54.9 Å². The molecule has 2 aromatic carbocycles. The summed E-state index contributed by atoms with van der Waals surface area (Å²) in [5.74, 6) is -2.22. The zero-order valence-electron chi connectivity index (χ0n) is 21.9. The number of benzene rings is 2. The fraction of sp³-hybridized carbons (Fsp3) is 0.444. The van der Waals surface area contributed by atoms with Gasteiger partial charge >= 0.3 is 0 Å². The standard InChI is InChI=1S/C27H30O15/c1-39-13-4-8(2-3-9(13)29)12-5-10(30)15-20(34)16(27-24(38)22(36)19(33)14(6-28)42-27)21(35)17(25(15)41-12)26-23(37)18(32)11(31)7-40-26/h2-5,11,14,18-19,22-24,26-29,31-38H,6-7H2,1H3/t11-,14-,18+,19-,22+,23-,24-,26+,27+/m1/s1. The maximum absolute atomic E-state index is 13.5. The Hall–Kier alpha value is -3.51. The first kappa shape index (κ1) is 30.0. The quantitative estimate of drug-likeness (QED) is 0.157. The summed E-state index contributed by atoms with van der Waals surface area (Å²) in [6.07, 6.45) is -15.9. The largest absolute Gasteiger partial charge is 0.507 e. The van der Waals surface area contributed by atoms with E-state index in [-0.39, 0.29) is 22.8 Å². The second kappa shape index (κ2) is 11.3. The Morgan fingerprint density at radius 2 is 1.55 bits per heavy atom. The van der Waals surface area contributed by atoms with Gasteiger partial charge in [0.1, 0.15) is 77.6 Å². The van der Waals surface area contributed by atoms with Crippen LogP contribution in [-0.4, -0.2) is 114 Å². The second-order valence-electron chi connectivity index (χ2n) is 10.1. The monoisotopic (exact) mass is 594 g/mol. The lowest BCUT2D eigenvalue weighted by atomic mass is 9.85. The van der Waals surface area contributed by atoms with Crippen LogP contribution in [-0.2, 0) is 9.47 Å². The van der Waals surface area contributed by atoms with Gasteiger partial charge in [0.2, 0.25) is 0 Å². The van der Waals surface area contributed by atoms with E-state index in [1.165, 1.54) is 25.3 Å². The van der Waals surface area contributed by atoms with Crippen molar-refractivity contribution < 1.29 is 69.7 Å². The maximum Gasteiger partial charge on any atom is 0.197 e. The SMILES string of the molecule is COc1cc(-c2cc(=O)c3c(O)c([C@@H]4O[C@H](CO)[C@@H](O)[C@H](O)[C@H]4O)c(O)c([C@@H]4OC[C@@H](O)[C@H](O)[C@H]4O)c3o2)ccc1O. The fourth-order valence-corrected chi connectivity index (χ4v) is 5.31. The van der Waals surface area contributed by atoms with Crippen molar-refractivity contribution in [3.8, 4) is 34.3 Å². The van der Waals surface area contributed by atoms with E-state index in [0.717, 1.165) is 6.07 Å². The average Bonchev–Trinajstić information content (AvgIpc) is 2.96. The number of phenols is 3. The van der Waals surface area contributed by atoms with Crippen molar-refractivity contribution in [3.63, 3.8) is 0 Å². The van der Waals surface area contributed by atoms with Gasteiger partial charge in [-0.2, -0.15) is 0 Å². The Morgan fingerprint density at radius 1 is 0.857 bits per heavy atom. The van der Waals surface area contributed by atoms with Gasteiger partial charge in [-0.25, -0.2) is 0 Å². The Kier molecular flexibility index (Phi) is 8.06. The number of ether oxygens (including phenoxy) is 3. The van der Waals surface area contributed by atoms with Crippen molar-refractivity contribution in [2.75, 3.05) is 20.3 Å². The number of hydrogen-bond donors (Lipinski definition) is 10. The normalized spacial score (nSPS) is 31.8. The van der Waals surface area contributed by atoms with Crippen LogP contribution in [0.1, 0.15) is 23.3 Å². The van der Waals surface area contributed by atoms with Crippen molar-refractivity contribution >= 4 is 11.0 Å². The highest BCUT2D eigenvalue weighted by Gasteiger charge is 2.48. The average molecular weight is 595 g/mol. The Labute approximate surface area is 236 Å². The van der Waals surface area contributed by atoms with Gasteiger partial charge in [-0.1, -0.05) is 0 Å². The number of fused-ring (bicyclic) bond motifs is 1. The summed E-state index contributed by atoms with van der Waals surface area (Å²) in [6.45, 7) is -1.36. The number of methoxy groups -OCH3 is 1. The smallest absolute Gasteiger partial charge is 0.197 e. The minimum absolute atomic E-state index is 0.0299. The van der Waals surface area contributed by atoms with Gasteiger partial charge in [0.15, 0.2) is 22.5 Å². The fourth-order valence-electron chi connectivity index (χ4n) is 5.31. The molecule has 0 radical (unpaired) electrons. The molecule has 10 N–H and O–H groups in total. The number of phenolic OH excluding ortho intramolecular Hbond substituents is 3. The van der Waals surface area contributed by atoms with Crippen LogP contribution < -0.4 is 10.2 Å². The van der Waals surface area contributed by atoms with E-state index >= 15 is 0 Å². The maximum atomic E-state index is 13.5. The van der Waals surface area contributed by atoms with E-state index in [9.17, 15) is 55.9 Å². The molecule has 1 aromatic heterocycles. The van der Waals surface area contributed by atoms with E-state index in [1.54, 1.807) is 0 Å². The summed E-state index contributed by atoms with van der Waals surface area (Å²) in [6, 6.07) is 4.97.